The highest BCUT2D eigenvalue weighted by Crippen LogP contribution is 2.05. The lowest BCUT2D eigenvalue weighted by Gasteiger charge is -2.22. The SMILES string of the molecule is CCC(C)C(=O)NC(C)(C)C.CCC(C)C(=O)O. The highest BCUT2D eigenvalue weighted by atomic mass is 16.4. The van der Waals surface area contributed by atoms with Crippen LogP contribution in [0.5, 0.6) is 0 Å². The van der Waals surface area contributed by atoms with Gasteiger partial charge in [0.1, 0.15) is 0 Å². The van der Waals surface area contributed by atoms with E-state index in [0.29, 0.717) is 0 Å². The van der Waals surface area contributed by atoms with Gasteiger partial charge >= 0.3 is 5.97 Å². The van der Waals surface area contributed by atoms with Gasteiger partial charge in [0.05, 0.1) is 5.92 Å². The number of nitrogens with one attached hydrogen (secondary N) is 1. The molecule has 0 saturated heterocycles. The van der Waals surface area contributed by atoms with Crippen LogP contribution in [0.1, 0.15) is 61.3 Å². The summed E-state index contributed by atoms with van der Waals surface area (Å²) in [6.45, 7) is 13.5. The normalized spacial score (nSPS) is 13.9. The topological polar surface area (TPSA) is 66.4 Å². The first-order valence-electron chi connectivity index (χ1n) is 6.59. The minimum absolute atomic E-state index is 0.0967. The largest absolute Gasteiger partial charge is 0.481 e. The minimum Gasteiger partial charge on any atom is -0.481 e. The fraction of sp³-hybridized carbons (Fsp3) is 0.857. The highest BCUT2D eigenvalue weighted by molar-refractivity contribution is 5.78. The molecule has 4 heteroatoms. The van der Waals surface area contributed by atoms with Gasteiger partial charge in [0.15, 0.2) is 0 Å². The first-order chi connectivity index (χ1) is 8.05. The lowest BCUT2D eigenvalue weighted by molar-refractivity contribution is -0.141. The molecule has 0 aliphatic rings. The summed E-state index contributed by atoms with van der Waals surface area (Å²) in [4.78, 5) is 21.2. The van der Waals surface area contributed by atoms with Crippen molar-refractivity contribution < 1.29 is 14.7 Å². The number of amides is 1. The Morgan fingerprint density at radius 3 is 1.61 bits per heavy atom. The highest BCUT2D eigenvalue weighted by Gasteiger charge is 2.17. The molecule has 0 rings (SSSR count). The Morgan fingerprint density at radius 1 is 1.06 bits per heavy atom. The molecule has 1 amide bonds. The van der Waals surface area contributed by atoms with Crippen LogP contribution in [-0.2, 0) is 9.59 Å². The van der Waals surface area contributed by atoms with Crippen LogP contribution >= 0.6 is 0 Å². The Labute approximate surface area is 111 Å². The van der Waals surface area contributed by atoms with E-state index in [1.807, 2.05) is 41.5 Å². The Bertz CT molecular complexity index is 256. The van der Waals surface area contributed by atoms with Crippen molar-refractivity contribution in [3.63, 3.8) is 0 Å². The molecule has 4 nitrogen and oxygen atoms in total. The monoisotopic (exact) mass is 259 g/mol. The molecular formula is C14H29NO3. The van der Waals surface area contributed by atoms with Gasteiger partial charge in [-0.15, -0.1) is 0 Å². The standard InChI is InChI=1S/C9H19NO.C5H10O2/c1-6-7(2)8(11)10-9(3,4)5;1-3-4(2)5(6)7/h7H,6H2,1-5H3,(H,10,11);4H,3H2,1-2H3,(H,6,7). The Hall–Kier alpha value is -1.06. The number of hydrogen-bond donors (Lipinski definition) is 2. The van der Waals surface area contributed by atoms with E-state index in [4.69, 9.17) is 5.11 Å². The number of hydrogen-bond acceptors (Lipinski definition) is 2. The molecule has 18 heavy (non-hydrogen) atoms. The summed E-state index contributed by atoms with van der Waals surface area (Å²) in [5.74, 6) is -0.600. The van der Waals surface area contributed by atoms with Crippen LogP contribution in [0.2, 0.25) is 0 Å². The molecule has 0 radical (unpaired) electrons. The number of rotatable bonds is 4. The summed E-state index contributed by atoms with van der Waals surface area (Å²) in [6, 6.07) is 0. The van der Waals surface area contributed by atoms with Crippen molar-refractivity contribution in [3.8, 4) is 0 Å². The van der Waals surface area contributed by atoms with E-state index < -0.39 is 5.97 Å². The molecule has 0 bridgehead atoms. The second kappa shape index (κ2) is 8.95. The van der Waals surface area contributed by atoms with E-state index in [1.54, 1.807) is 6.92 Å². The summed E-state index contributed by atoms with van der Waals surface area (Å²) in [6.07, 6.45) is 1.62. The number of carbonyl (C=O) groups excluding carboxylic acids is 1. The molecule has 2 unspecified atom stereocenters. The summed E-state index contributed by atoms with van der Waals surface area (Å²) in [7, 11) is 0. The average molecular weight is 259 g/mol. The minimum atomic E-state index is -0.706. The first kappa shape index (κ1) is 19.3. The lowest BCUT2D eigenvalue weighted by atomic mass is 10.0. The van der Waals surface area contributed by atoms with Crippen molar-refractivity contribution in [1.29, 1.82) is 0 Å². The zero-order chi connectivity index (χ0) is 14.9. The molecule has 0 spiro atoms. The van der Waals surface area contributed by atoms with Crippen LogP contribution in [0.4, 0.5) is 0 Å². The third-order valence-corrected chi connectivity index (χ3v) is 2.59. The molecule has 0 aliphatic carbocycles. The second-order valence-corrected chi connectivity index (χ2v) is 5.70. The Balaban J connectivity index is 0. The molecule has 0 heterocycles. The maximum Gasteiger partial charge on any atom is 0.306 e. The molecule has 2 atom stereocenters. The Morgan fingerprint density at radius 2 is 1.44 bits per heavy atom. The number of carboxylic acid groups (broad SMARTS) is 1. The van der Waals surface area contributed by atoms with Gasteiger partial charge in [-0.3, -0.25) is 9.59 Å². The van der Waals surface area contributed by atoms with Gasteiger partial charge in [0.2, 0.25) is 5.91 Å². The van der Waals surface area contributed by atoms with Crippen molar-refractivity contribution in [2.24, 2.45) is 11.8 Å². The molecule has 2 N–H and O–H groups in total. The summed E-state index contributed by atoms with van der Waals surface area (Å²) in [5, 5.41) is 11.1. The third kappa shape index (κ3) is 11.4. The van der Waals surface area contributed by atoms with Crippen molar-refractivity contribution >= 4 is 11.9 Å². The smallest absolute Gasteiger partial charge is 0.306 e. The van der Waals surface area contributed by atoms with E-state index in [0.717, 1.165) is 12.8 Å². The maximum atomic E-state index is 11.3. The third-order valence-electron chi connectivity index (χ3n) is 2.59. The molecule has 0 aliphatic heterocycles. The van der Waals surface area contributed by atoms with Crippen molar-refractivity contribution in [1.82, 2.24) is 5.32 Å². The van der Waals surface area contributed by atoms with E-state index in [9.17, 15) is 9.59 Å². The summed E-state index contributed by atoms with van der Waals surface area (Å²) >= 11 is 0. The van der Waals surface area contributed by atoms with Gasteiger partial charge in [0.25, 0.3) is 0 Å². The maximum absolute atomic E-state index is 11.3. The fourth-order valence-electron chi connectivity index (χ4n) is 0.853. The van der Waals surface area contributed by atoms with Gasteiger partial charge < -0.3 is 10.4 Å². The molecule has 0 fully saturated rings. The van der Waals surface area contributed by atoms with E-state index in [2.05, 4.69) is 5.32 Å². The molecule has 0 aromatic heterocycles. The van der Waals surface area contributed by atoms with E-state index >= 15 is 0 Å². The lowest BCUT2D eigenvalue weighted by Crippen LogP contribution is -2.43. The molecule has 0 saturated carbocycles. The predicted octanol–water partition coefficient (Wildman–Crippen LogP) is 3.06. The molecule has 0 aromatic rings. The van der Waals surface area contributed by atoms with Crippen LogP contribution < -0.4 is 5.32 Å². The van der Waals surface area contributed by atoms with Gasteiger partial charge in [-0.25, -0.2) is 0 Å². The quantitative estimate of drug-likeness (QED) is 0.815. The van der Waals surface area contributed by atoms with Crippen LogP contribution in [0.25, 0.3) is 0 Å². The number of aliphatic carboxylic acids is 1. The van der Waals surface area contributed by atoms with Crippen LogP contribution in [-0.4, -0.2) is 22.5 Å². The van der Waals surface area contributed by atoms with Crippen molar-refractivity contribution in [2.45, 2.75) is 66.8 Å². The van der Waals surface area contributed by atoms with Gasteiger partial charge in [-0.2, -0.15) is 0 Å². The van der Waals surface area contributed by atoms with E-state index in [-0.39, 0.29) is 23.3 Å². The fourth-order valence-corrected chi connectivity index (χ4v) is 0.853. The summed E-state index contributed by atoms with van der Waals surface area (Å²) in [5.41, 5.74) is -0.0967. The Kier molecular flexibility index (Phi) is 9.59. The summed E-state index contributed by atoms with van der Waals surface area (Å²) < 4.78 is 0. The second-order valence-electron chi connectivity index (χ2n) is 5.70. The number of carboxylic acids is 1. The van der Waals surface area contributed by atoms with Crippen LogP contribution in [0.15, 0.2) is 0 Å². The first-order valence-corrected chi connectivity index (χ1v) is 6.59. The van der Waals surface area contributed by atoms with Gasteiger partial charge in [-0.1, -0.05) is 27.7 Å². The van der Waals surface area contributed by atoms with Crippen LogP contribution in [0.3, 0.4) is 0 Å². The molecule has 0 aromatic carbocycles. The average Bonchev–Trinajstić information content (AvgIpc) is 2.25. The number of carbonyl (C=O) groups is 2. The van der Waals surface area contributed by atoms with Crippen LogP contribution in [0, 0.1) is 11.8 Å². The van der Waals surface area contributed by atoms with E-state index in [1.165, 1.54) is 0 Å². The molecule has 108 valence electrons. The van der Waals surface area contributed by atoms with Gasteiger partial charge in [0, 0.05) is 11.5 Å². The van der Waals surface area contributed by atoms with Crippen molar-refractivity contribution in [2.75, 3.05) is 0 Å². The predicted molar refractivity (Wildman–Crippen MR) is 74.4 cm³/mol. The van der Waals surface area contributed by atoms with Crippen molar-refractivity contribution in [3.05, 3.63) is 0 Å². The van der Waals surface area contributed by atoms with Gasteiger partial charge in [-0.05, 0) is 33.6 Å². The zero-order valence-electron chi connectivity index (χ0n) is 12.8. The zero-order valence-corrected chi connectivity index (χ0v) is 12.8. The molecular weight excluding hydrogens is 230 g/mol.